The van der Waals surface area contributed by atoms with Gasteiger partial charge in [0.05, 0.1) is 23.3 Å². The molecule has 0 bridgehead atoms. The molecule has 0 saturated heterocycles. The Bertz CT molecular complexity index is 1350. The normalized spacial score (nSPS) is 18.1. The molecule has 1 aliphatic heterocycles. The second-order valence-electron chi connectivity index (χ2n) is 8.04. The summed E-state index contributed by atoms with van der Waals surface area (Å²) in [5.74, 6) is 0.0845. The van der Waals surface area contributed by atoms with Crippen molar-refractivity contribution in [3.8, 4) is 0 Å². The predicted molar refractivity (Wildman–Crippen MR) is 136 cm³/mol. The number of nitrogens with one attached hydrogen (secondary N) is 1. The molecular weight excluding hydrogens is 498 g/mol. The topological polar surface area (TPSA) is 81.4 Å². The van der Waals surface area contributed by atoms with Crippen LogP contribution in [0.2, 0.25) is 5.02 Å². The number of carbonyl (C=O) groups excluding carboxylic acids is 1. The van der Waals surface area contributed by atoms with Crippen molar-refractivity contribution >= 4 is 73.9 Å². The summed E-state index contributed by atoms with van der Waals surface area (Å²) >= 11 is 10.5. The van der Waals surface area contributed by atoms with Crippen LogP contribution in [0, 0.1) is 0 Å². The van der Waals surface area contributed by atoms with Gasteiger partial charge in [0, 0.05) is 22.0 Å². The van der Waals surface area contributed by atoms with Gasteiger partial charge >= 0.3 is 0 Å². The largest absolute Gasteiger partial charge is 0.369 e. The molecular formula is C22H22ClN5O2S3. The molecule has 172 valence electrons. The minimum atomic E-state index is -0.187. The Morgan fingerprint density at radius 2 is 2.09 bits per heavy atom. The first-order valence-corrected chi connectivity index (χ1v) is 13.9. The molecule has 4 aromatic rings. The lowest BCUT2D eigenvalue weighted by Gasteiger charge is -2.32. The van der Waals surface area contributed by atoms with Crippen LogP contribution in [0.4, 0.5) is 5.69 Å². The predicted octanol–water partition coefficient (Wildman–Crippen LogP) is 5.69. The fraction of sp³-hybridized carbons (Fsp3) is 0.364. The smallest absolute Gasteiger partial charge is 0.234 e. The number of amides is 1. The summed E-state index contributed by atoms with van der Waals surface area (Å²) in [6.45, 7) is 4.91. The van der Waals surface area contributed by atoms with Crippen molar-refractivity contribution in [1.29, 1.82) is 0 Å². The minimum Gasteiger partial charge on any atom is -0.369 e. The van der Waals surface area contributed by atoms with E-state index in [1.165, 1.54) is 22.2 Å². The van der Waals surface area contributed by atoms with E-state index >= 15 is 0 Å². The Morgan fingerprint density at radius 1 is 1.30 bits per heavy atom. The zero-order valence-electron chi connectivity index (χ0n) is 18.3. The first kappa shape index (κ1) is 22.9. The van der Waals surface area contributed by atoms with E-state index in [2.05, 4.69) is 29.4 Å². The maximum atomic E-state index is 12.5. The Balaban J connectivity index is 1.47. The average molecular weight is 520 g/mol. The molecule has 0 unspecified atom stereocenters. The summed E-state index contributed by atoms with van der Waals surface area (Å²) in [5, 5.41) is 15.0. The summed E-state index contributed by atoms with van der Waals surface area (Å²) in [7, 11) is 0. The summed E-state index contributed by atoms with van der Waals surface area (Å²) < 4.78 is 8.11. The van der Waals surface area contributed by atoms with Crippen LogP contribution in [0.5, 0.6) is 0 Å². The first-order valence-electron chi connectivity index (χ1n) is 10.5. The number of halogens is 1. The number of hydrogen-bond donors (Lipinski definition) is 1. The molecule has 0 saturated carbocycles. The van der Waals surface area contributed by atoms with E-state index in [-0.39, 0.29) is 17.3 Å². The van der Waals surface area contributed by atoms with Gasteiger partial charge in [0.2, 0.25) is 5.91 Å². The van der Waals surface area contributed by atoms with E-state index in [1.807, 2.05) is 10.7 Å². The van der Waals surface area contributed by atoms with E-state index in [1.54, 1.807) is 47.4 Å². The van der Waals surface area contributed by atoms with Gasteiger partial charge in [0.25, 0.3) is 0 Å². The highest BCUT2D eigenvalue weighted by molar-refractivity contribution is 8.00. The number of hydrogen-bond acceptors (Lipinski definition) is 8. The highest BCUT2D eigenvalue weighted by atomic mass is 35.5. The molecule has 7 nitrogen and oxygen atoms in total. The molecule has 0 fully saturated rings. The lowest BCUT2D eigenvalue weighted by molar-refractivity contribution is -0.113. The number of benzene rings is 1. The number of anilines is 1. The molecule has 1 atom stereocenters. The number of aromatic nitrogens is 4. The van der Waals surface area contributed by atoms with Crippen LogP contribution in [0.25, 0.3) is 15.9 Å². The van der Waals surface area contributed by atoms with E-state index in [4.69, 9.17) is 21.3 Å². The van der Waals surface area contributed by atoms with Crippen molar-refractivity contribution in [3.05, 3.63) is 39.7 Å². The van der Waals surface area contributed by atoms with Gasteiger partial charge < -0.3 is 10.1 Å². The first-order chi connectivity index (χ1) is 15.9. The molecule has 1 aliphatic rings. The van der Waals surface area contributed by atoms with Crippen molar-refractivity contribution in [1.82, 2.24) is 19.6 Å². The zero-order valence-corrected chi connectivity index (χ0v) is 21.6. The highest BCUT2D eigenvalue weighted by Gasteiger charge is 2.33. The number of thiophene rings is 1. The summed E-state index contributed by atoms with van der Waals surface area (Å²) in [5.41, 5.74) is 2.58. The maximum Gasteiger partial charge on any atom is 0.234 e. The number of thioether (sulfide) groups is 2. The zero-order chi connectivity index (χ0) is 23.2. The molecule has 11 heteroatoms. The molecule has 1 aromatic carbocycles. The standard InChI is InChI=1S/C22H22ClN5O2S3/c1-4-22(2)9-14-15(10-30-22)33-19-17(14)18-26-27-21(28(18)20(25-19)31-3)32-11-16(29)24-13-7-5-12(23)6-8-13/h5-8H,4,9-11H2,1-3H3,(H,24,29)/t22-/m1/s1. The van der Waals surface area contributed by atoms with Gasteiger partial charge in [-0.3, -0.25) is 4.79 Å². The Morgan fingerprint density at radius 3 is 2.82 bits per heavy atom. The lowest BCUT2D eigenvalue weighted by Crippen LogP contribution is -2.33. The van der Waals surface area contributed by atoms with E-state index in [0.717, 1.165) is 33.9 Å². The van der Waals surface area contributed by atoms with Crippen LogP contribution in [-0.2, 0) is 22.6 Å². The molecule has 0 aliphatic carbocycles. The van der Waals surface area contributed by atoms with Crippen molar-refractivity contribution in [2.75, 3.05) is 17.3 Å². The fourth-order valence-electron chi connectivity index (χ4n) is 3.83. The minimum absolute atomic E-state index is 0.123. The van der Waals surface area contributed by atoms with Gasteiger partial charge in [-0.2, -0.15) is 0 Å². The molecule has 33 heavy (non-hydrogen) atoms. The molecule has 1 amide bonds. The monoisotopic (exact) mass is 519 g/mol. The SMILES string of the molecule is CC[C@]1(C)Cc2c(sc3nc(SC)n4c(SCC(=O)Nc5ccc(Cl)cc5)nnc4c23)CO1. The van der Waals surface area contributed by atoms with Crippen molar-refractivity contribution in [2.24, 2.45) is 0 Å². The van der Waals surface area contributed by atoms with Gasteiger partial charge in [-0.25, -0.2) is 9.38 Å². The molecule has 3 aromatic heterocycles. The third kappa shape index (κ3) is 4.35. The molecule has 4 heterocycles. The van der Waals surface area contributed by atoms with Gasteiger partial charge in [-0.05, 0) is 49.4 Å². The van der Waals surface area contributed by atoms with Crippen molar-refractivity contribution < 1.29 is 9.53 Å². The van der Waals surface area contributed by atoms with Crippen LogP contribution >= 0.6 is 46.5 Å². The van der Waals surface area contributed by atoms with Crippen LogP contribution in [0.15, 0.2) is 34.6 Å². The van der Waals surface area contributed by atoms with Crippen LogP contribution in [0.3, 0.4) is 0 Å². The summed E-state index contributed by atoms with van der Waals surface area (Å²) in [6.07, 6.45) is 3.75. The van der Waals surface area contributed by atoms with E-state index < -0.39 is 0 Å². The number of nitrogens with zero attached hydrogens (tertiary/aromatic N) is 4. The molecule has 0 spiro atoms. The van der Waals surface area contributed by atoms with Crippen LogP contribution < -0.4 is 5.32 Å². The number of ether oxygens (including phenoxy) is 1. The highest BCUT2D eigenvalue weighted by Crippen LogP contribution is 2.42. The average Bonchev–Trinajstić information content (AvgIpc) is 3.39. The third-order valence-corrected chi connectivity index (χ3v) is 8.73. The van der Waals surface area contributed by atoms with Gasteiger partial charge in [-0.15, -0.1) is 21.5 Å². The van der Waals surface area contributed by atoms with Gasteiger partial charge in [-0.1, -0.05) is 42.0 Å². The lowest BCUT2D eigenvalue weighted by atomic mass is 9.90. The second-order valence-corrected chi connectivity index (χ2v) is 11.3. The Kier molecular flexibility index (Phi) is 6.30. The molecule has 5 rings (SSSR count). The number of rotatable bonds is 6. The van der Waals surface area contributed by atoms with Crippen LogP contribution in [0.1, 0.15) is 30.7 Å². The van der Waals surface area contributed by atoms with Crippen molar-refractivity contribution in [2.45, 2.75) is 49.2 Å². The second kappa shape index (κ2) is 9.07. The van der Waals surface area contributed by atoms with Crippen molar-refractivity contribution in [3.63, 3.8) is 0 Å². The van der Waals surface area contributed by atoms with Gasteiger partial charge in [0.15, 0.2) is 16.0 Å². The molecule has 1 N–H and O–H groups in total. The fourth-order valence-corrected chi connectivity index (χ4v) is 6.44. The maximum absolute atomic E-state index is 12.5. The van der Waals surface area contributed by atoms with E-state index in [0.29, 0.717) is 22.5 Å². The summed E-state index contributed by atoms with van der Waals surface area (Å²) in [4.78, 5) is 19.6. The quantitative estimate of drug-likeness (QED) is 0.259. The van der Waals surface area contributed by atoms with E-state index in [9.17, 15) is 4.79 Å². The van der Waals surface area contributed by atoms with Crippen LogP contribution in [-0.4, -0.2) is 43.1 Å². The molecule has 0 radical (unpaired) electrons. The number of carbonyl (C=O) groups is 1. The summed E-state index contributed by atoms with van der Waals surface area (Å²) in [6, 6.07) is 7.04. The van der Waals surface area contributed by atoms with Gasteiger partial charge in [0.1, 0.15) is 4.83 Å². The Hall–Kier alpha value is -1.85. The Labute approximate surface area is 208 Å². The third-order valence-electron chi connectivity index (χ3n) is 5.81. The number of fused-ring (bicyclic) bond motifs is 5.